The van der Waals surface area contributed by atoms with E-state index in [2.05, 4.69) is 17.0 Å². The monoisotopic (exact) mass is 345 g/mol. The van der Waals surface area contributed by atoms with Crippen LogP contribution in [-0.4, -0.2) is 28.9 Å². The molecule has 0 aromatic heterocycles. The summed E-state index contributed by atoms with van der Waals surface area (Å²) in [6.45, 7) is 2.48. The van der Waals surface area contributed by atoms with Gasteiger partial charge in [-0.3, -0.25) is 9.69 Å². The molecule has 132 valence electrons. The lowest BCUT2D eigenvalue weighted by atomic mass is 9.88. The predicted octanol–water partition coefficient (Wildman–Crippen LogP) is 4.64. The molecule has 3 heteroatoms. The van der Waals surface area contributed by atoms with Gasteiger partial charge in [-0.2, -0.15) is 0 Å². The van der Waals surface area contributed by atoms with E-state index in [1.807, 2.05) is 48.5 Å². The number of rotatable bonds is 4. The Hall–Kier alpha value is -2.65. The molecule has 3 aromatic carbocycles. The summed E-state index contributed by atoms with van der Waals surface area (Å²) in [6, 6.07) is 21.5. The Labute approximate surface area is 153 Å². The summed E-state index contributed by atoms with van der Waals surface area (Å²) in [7, 11) is 0. The number of phenolic OH excluding ortho intramolecular Hbond substituents is 1. The minimum atomic E-state index is 0.106. The van der Waals surface area contributed by atoms with Gasteiger partial charge >= 0.3 is 0 Å². The minimum absolute atomic E-state index is 0.106. The van der Waals surface area contributed by atoms with Crippen LogP contribution in [0.2, 0.25) is 0 Å². The molecule has 0 bridgehead atoms. The molecular weight excluding hydrogens is 322 g/mol. The number of aromatic hydroxyl groups is 1. The number of ketones is 1. The molecular formula is C23H23NO2. The lowest BCUT2D eigenvalue weighted by molar-refractivity contribution is 0.0834. The number of carbonyl (C=O) groups is 1. The standard InChI is InChI=1S/C23H23NO2/c25-22-11-10-17-6-4-5-9-20(17)21(22)16-24-14-12-19(13-15-24)23(26)18-7-2-1-3-8-18/h1-11,19,25H,12-16H2. The molecule has 1 fully saturated rings. The van der Waals surface area contributed by atoms with Gasteiger partial charge < -0.3 is 5.11 Å². The molecule has 0 atom stereocenters. The topological polar surface area (TPSA) is 40.5 Å². The third-order valence-corrected chi connectivity index (χ3v) is 5.41. The molecule has 0 radical (unpaired) electrons. The third-order valence-electron chi connectivity index (χ3n) is 5.41. The summed E-state index contributed by atoms with van der Waals surface area (Å²) in [4.78, 5) is 15.0. The number of piperidine rings is 1. The largest absolute Gasteiger partial charge is 0.508 e. The smallest absolute Gasteiger partial charge is 0.166 e. The predicted molar refractivity (Wildman–Crippen MR) is 104 cm³/mol. The first-order valence-corrected chi connectivity index (χ1v) is 9.23. The van der Waals surface area contributed by atoms with E-state index in [0.29, 0.717) is 5.75 Å². The number of hydrogen-bond acceptors (Lipinski definition) is 3. The van der Waals surface area contributed by atoms with Crippen molar-refractivity contribution in [1.82, 2.24) is 4.90 Å². The van der Waals surface area contributed by atoms with E-state index in [0.717, 1.165) is 54.4 Å². The van der Waals surface area contributed by atoms with Gasteiger partial charge in [0.1, 0.15) is 5.75 Å². The van der Waals surface area contributed by atoms with Crippen LogP contribution in [0.15, 0.2) is 66.7 Å². The summed E-state index contributed by atoms with van der Waals surface area (Å²) in [6.07, 6.45) is 1.75. The maximum absolute atomic E-state index is 12.6. The molecule has 0 amide bonds. The Morgan fingerprint density at radius 3 is 2.38 bits per heavy atom. The van der Waals surface area contributed by atoms with Crippen LogP contribution in [-0.2, 0) is 6.54 Å². The number of benzene rings is 3. The molecule has 3 nitrogen and oxygen atoms in total. The maximum atomic E-state index is 12.6. The van der Waals surface area contributed by atoms with Gasteiger partial charge in [0, 0.05) is 23.6 Å². The Balaban J connectivity index is 1.45. The van der Waals surface area contributed by atoms with E-state index >= 15 is 0 Å². The van der Waals surface area contributed by atoms with Crippen LogP contribution < -0.4 is 0 Å². The van der Waals surface area contributed by atoms with Crippen molar-refractivity contribution >= 4 is 16.6 Å². The second-order valence-electron chi connectivity index (χ2n) is 7.07. The fourth-order valence-corrected chi connectivity index (χ4v) is 3.91. The van der Waals surface area contributed by atoms with E-state index in [1.165, 1.54) is 0 Å². The van der Waals surface area contributed by atoms with Crippen molar-refractivity contribution in [1.29, 1.82) is 0 Å². The molecule has 0 aliphatic carbocycles. The fraction of sp³-hybridized carbons (Fsp3) is 0.261. The summed E-state index contributed by atoms with van der Waals surface area (Å²) in [5, 5.41) is 12.6. The second-order valence-corrected chi connectivity index (χ2v) is 7.07. The molecule has 0 spiro atoms. The molecule has 1 heterocycles. The number of nitrogens with zero attached hydrogens (tertiary/aromatic N) is 1. The van der Waals surface area contributed by atoms with Crippen molar-refractivity contribution in [2.24, 2.45) is 5.92 Å². The number of carbonyl (C=O) groups excluding carboxylic acids is 1. The van der Waals surface area contributed by atoms with Crippen LogP contribution in [0.1, 0.15) is 28.8 Å². The van der Waals surface area contributed by atoms with Crippen molar-refractivity contribution in [2.75, 3.05) is 13.1 Å². The van der Waals surface area contributed by atoms with Gasteiger partial charge in [0.2, 0.25) is 0 Å². The average molecular weight is 345 g/mol. The second kappa shape index (κ2) is 7.30. The Kier molecular flexibility index (Phi) is 4.72. The van der Waals surface area contributed by atoms with E-state index in [4.69, 9.17) is 0 Å². The highest BCUT2D eigenvalue weighted by atomic mass is 16.3. The Morgan fingerprint density at radius 1 is 0.923 bits per heavy atom. The molecule has 3 aromatic rings. The zero-order chi connectivity index (χ0) is 17.9. The highest BCUT2D eigenvalue weighted by Crippen LogP contribution is 2.30. The van der Waals surface area contributed by atoms with Gasteiger partial charge in [0.25, 0.3) is 0 Å². The number of Topliss-reactive ketones (excluding diaryl/α,β-unsaturated/α-hetero) is 1. The van der Waals surface area contributed by atoms with Gasteiger partial charge in [0.15, 0.2) is 5.78 Å². The van der Waals surface area contributed by atoms with E-state index in [9.17, 15) is 9.90 Å². The number of phenols is 1. The van der Waals surface area contributed by atoms with E-state index in [-0.39, 0.29) is 11.7 Å². The SMILES string of the molecule is O=C(c1ccccc1)C1CCN(Cc2c(O)ccc3ccccc23)CC1. The number of fused-ring (bicyclic) bond motifs is 1. The van der Waals surface area contributed by atoms with Crippen LogP contribution >= 0.6 is 0 Å². The van der Waals surface area contributed by atoms with Crippen LogP contribution in [0.4, 0.5) is 0 Å². The molecule has 1 aliphatic heterocycles. The summed E-state index contributed by atoms with van der Waals surface area (Å²) >= 11 is 0. The van der Waals surface area contributed by atoms with Gasteiger partial charge in [-0.1, -0.05) is 60.7 Å². The maximum Gasteiger partial charge on any atom is 0.166 e. The lowest BCUT2D eigenvalue weighted by Crippen LogP contribution is -2.36. The zero-order valence-corrected chi connectivity index (χ0v) is 14.8. The number of likely N-dealkylation sites (tertiary alicyclic amines) is 1. The molecule has 1 saturated heterocycles. The quantitative estimate of drug-likeness (QED) is 0.700. The highest BCUT2D eigenvalue weighted by Gasteiger charge is 2.26. The first-order valence-electron chi connectivity index (χ1n) is 9.23. The van der Waals surface area contributed by atoms with Crippen molar-refractivity contribution < 1.29 is 9.90 Å². The van der Waals surface area contributed by atoms with Crippen LogP contribution in [0.25, 0.3) is 10.8 Å². The first-order chi connectivity index (χ1) is 12.7. The number of hydrogen-bond donors (Lipinski definition) is 1. The Bertz CT molecular complexity index is 912. The summed E-state index contributed by atoms with van der Waals surface area (Å²) < 4.78 is 0. The van der Waals surface area contributed by atoms with Crippen LogP contribution in [0, 0.1) is 5.92 Å². The van der Waals surface area contributed by atoms with Gasteiger partial charge in [-0.05, 0) is 42.8 Å². The van der Waals surface area contributed by atoms with E-state index in [1.54, 1.807) is 6.07 Å². The highest BCUT2D eigenvalue weighted by molar-refractivity contribution is 5.97. The lowest BCUT2D eigenvalue weighted by Gasteiger charge is -2.31. The molecule has 0 saturated carbocycles. The van der Waals surface area contributed by atoms with Crippen molar-refractivity contribution in [3.63, 3.8) is 0 Å². The van der Waals surface area contributed by atoms with Gasteiger partial charge in [0.05, 0.1) is 0 Å². The van der Waals surface area contributed by atoms with Crippen molar-refractivity contribution in [3.05, 3.63) is 77.9 Å². The molecule has 1 N–H and O–H groups in total. The van der Waals surface area contributed by atoms with Crippen molar-refractivity contribution in [2.45, 2.75) is 19.4 Å². The molecule has 0 unspecified atom stereocenters. The van der Waals surface area contributed by atoms with Crippen LogP contribution in [0.5, 0.6) is 5.75 Å². The van der Waals surface area contributed by atoms with Gasteiger partial charge in [-0.15, -0.1) is 0 Å². The fourth-order valence-electron chi connectivity index (χ4n) is 3.91. The zero-order valence-electron chi connectivity index (χ0n) is 14.8. The molecule has 1 aliphatic rings. The Morgan fingerprint density at radius 2 is 1.62 bits per heavy atom. The van der Waals surface area contributed by atoms with E-state index < -0.39 is 0 Å². The first kappa shape index (κ1) is 16.8. The summed E-state index contributed by atoms with van der Waals surface area (Å²) in [5.41, 5.74) is 1.80. The third kappa shape index (κ3) is 3.35. The molecule has 4 rings (SSSR count). The minimum Gasteiger partial charge on any atom is -0.508 e. The normalized spacial score (nSPS) is 16.0. The summed E-state index contributed by atoms with van der Waals surface area (Å²) in [5.74, 6) is 0.721. The van der Waals surface area contributed by atoms with Crippen molar-refractivity contribution in [3.8, 4) is 5.75 Å². The van der Waals surface area contributed by atoms with Gasteiger partial charge in [-0.25, -0.2) is 0 Å². The molecule has 26 heavy (non-hydrogen) atoms. The van der Waals surface area contributed by atoms with Crippen LogP contribution in [0.3, 0.4) is 0 Å². The average Bonchev–Trinajstić information content (AvgIpc) is 2.71.